The maximum atomic E-state index is 15.2. The maximum absolute atomic E-state index is 15.2. The molecular formula is C93H68N8O2. The van der Waals surface area contributed by atoms with E-state index in [1.165, 1.54) is 22.3 Å². The summed E-state index contributed by atoms with van der Waals surface area (Å²) in [7, 11) is 0. The lowest BCUT2D eigenvalue weighted by Gasteiger charge is -2.31. The first-order valence-electron chi connectivity index (χ1n) is 35.7. The van der Waals surface area contributed by atoms with Crippen LogP contribution in [0.1, 0.15) is 85.4 Å². The first kappa shape index (κ1) is 60.3. The fraction of sp³-hybridized carbons (Fsp3) is 0.118. The Morgan fingerprint density at radius 3 is 0.864 bits per heavy atom. The topological polar surface area (TPSA) is 149 Å². The summed E-state index contributed by atoms with van der Waals surface area (Å²) in [6.07, 6.45) is 22.3. The molecule has 0 amide bonds. The number of H-pyrrole nitrogens is 4. The normalized spacial score (nSPS) is 18.8. The number of benzene rings is 6. The van der Waals surface area contributed by atoms with E-state index in [9.17, 15) is 0 Å². The minimum absolute atomic E-state index is 0.0357. The maximum Gasteiger partial charge on any atom is 0.167 e. The second-order valence-corrected chi connectivity index (χ2v) is 29.0. The lowest BCUT2D eigenvalue weighted by Crippen LogP contribution is -2.36. The van der Waals surface area contributed by atoms with Gasteiger partial charge in [-0.15, -0.1) is 0 Å². The third-order valence-corrected chi connectivity index (χ3v) is 22.6. The number of carbonyl (C=O) groups is 2. The molecule has 103 heavy (non-hydrogen) atoms. The monoisotopic (exact) mass is 1330 g/mol. The smallest absolute Gasteiger partial charge is 0.167 e. The van der Waals surface area contributed by atoms with Crippen molar-refractivity contribution in [3.05, 3.63) is 297 Å². The minimum Gasteiger partial charge on any atom is -0.355 e. The standard InChI is InChI=1S/C93H68N8O2/c1-50-5-13-56(14-6-50)84-72-33-29-62(94-72)45-63-30-34-73(95-63)85(57-15-7-51(2)8-16-57)77-38-42-81(99-77)88(80-41-37-76(84)98-80)60-25-21-54(22-26-60)66-47-69-68-49-71(90(69)92(66)102)91-70(68)48-67(93(91)103)55-23-27-61(28-24-55)89-82-43-39-78(100-82)86(58-17-9-52(3)10-18-58)74-35-31-64(96-74)46-65-32-36-75(97-65)87(79-40-44-83(89)101-79)59-19-11-53(4)12-20-59/h5-48,68-71,90-91,94,96,99,101H,49H2,1-4H3. The summed E-state index contributed by atoms with van der Waals surface area (Å²) in [5.41, 5.74) is 34.3. The molecule has 2 saturated carbocycles. The number of aromatic amines is 4. The number of aryl methyl sites for hydroxylation is 4. The predicted octanol–water partition coefficient (Wildman–Crippen LogP) is 21.6. The van der Waals surface area contributed by atoms with Gasteiger partial charge in [0.05, 0.1) is 45.6 Å². The van der Waals surface area contributed by atoms with E-state index in [2.05, 4.69) is 315 Å². The third kappa shape index (κ3) is 10.1. The number of rotatable bonds is 8. The molecule has 12 aromatic rings. The average molecular weight is 1330 g/mol. The Bertz CT molecular complexity index is 5760. The first-order chi connectivity index (χ1) is 50.4. The van der Waals surface area contributed by atoms with Gasteiger partial charge in [-0.25, -0.2) is 19.9 Å². The Labute approximate surface area is 595 Å². The number of Topliss-reactive ketones (excluding diaryl/α,β-unsaturated/α-hetero) is 2. The summed E-state index contributed by atoms with van der Waals surface area (Å²) >= 11 is 0. The van der Waals surface area contributed by atoms with Crippen LogP contribution < -0.4 is 0 Å². The molecule has 0 radical (unpaired) electrons. The van der Waals surface area contributed by atoms with Crippen LogP contribution in [-0.4, -0.2) is 51.4 Å². The molecule has 0 spiro atoms. The van der Waals surface area contributed by atoms with Crippen molar-refractivity contribution < 1.29 is 9.59 Å². The Balaban J connectivity index is 0.653. The molecule has 492 valence electrons. The number of aromatic nitrogens is 8. The molecular weight excluding hydrogens is 1260 g/mol. The van der Waals surface area contributed by atoms with E-state index >= 15 is 9.59 Å². The summed E-state index contributed by atoms with van der Waals surface area (Å²) in [5.74, 6) is 0.0933. The van der Waals surface area contributed by atoms with Crippen LogP contribution in [0.15, 0.2) is 218 Å². The van der Waals surface area contributed by atoms with Crippen LogP contribution >= 0.6 is 0 Å². The molecule has 10 heteroatoms. The van der Waals surface area contributed by atoms with Gasteiger partial charge in [-0.3, -0.25) is 9.59 Å². The molecule has 0 saturated heterocycles. The van der Waals surface area contributed by atoms with Gasteiger partial charge in [-0.05, 0) is 212 Å². The lowest BCUT2D eigenvalue weighted by atomic mass is 9.70. The van der Waals surface area contributed by atoms with E-state index in [0.717, 1.165) is 185 Å². The van der Waals surface area contributed by atoms with E-state index in [-0.39, 0.29) is 47.1 Å². The summed E-state index contributed by atoms with van der Waals surface area (Å²) < 4.78 is 0. The second-order valence-electron chi connectivity index (χ2n) is 29.0. The van der Waals surface area contributed by atoms with Crippen molar-refractivity contribution in [1.82, 2.24) is 39.9 Å². The van der Waals surface area contributed by atoms with Gasteiger partial charge < -0.3 is 19.9 Å². The number of carbonyl (C=O) groups excluding carboxylic acids is 2. The van der Waals surface area contributed by atoms with Crippen LogP contribution in [0.2, 0.25) is 0 Å². The number of fused-ring (bicyclic) bond motifs is 24. The van der Waals surface area contributed by atoms with Crippen LogP contribution in [-0.2, 0) is 9.59 Å². The SMILES string of the molecule is Cc1ccc(-c2c3nc(c(-c4ccc(C5=CC6C7CC(C6C5=O)C5C(=O)C(c6ccc(-c8c9nc(c(-c%10ccc(C)cc%10)c%10ccc(cc%11nc(c(-c%12ccc(C)cc%12)c%12ccc8[nH]%12)C=C%11)[nH]%10)C=C9)cc6)=CC75)cc4)c4ccc([nH]4)c(-c4ccc(C)cc4)c4nc(cc5ccc2[nH]5)C=C4)C=C3)cc1. The van der Waals surface area contributed by atoms with Gasteiger partial charge in [0.2, 0.25) is 0 Å². The lowest BCUT2D eigenvalue weighted by molar-refractivity contribution is -0.124. The van der Waals surface area contributed by atoms with Gasteiger partial charge >= 0.3 is 0 Å². The zero-order valence-electron chi connectivity index (χ0n) is 57.2. The van der Waals surface area contributed by atoms with Crippen molar-refractivity contribution in [2.75, 3.05) is 0 Å². The van der Waals surface area contributed by atoms with Crippen LogP contribution in [0.3, 0.4) is 0 Å². The van der Waals surface area contributed by atoms with Gasteiger partial charge in [-0.1, -0.05) is 180 Å². The van der Waals surface area contributed by atoms with Crippen LogP contribution in [0, 0.1) is 63.2 Å². The van der Waals surface area contributed by atoms with Crippen molar-refractivity contribution in [3.63, 3.8) is 0 Å². The van der Waals surface area contributed by atoms with Gasteiger partial charge in [-0.2, -0.15) is 0 Å². The molecule has 2 fully saturated rings. The van der Waals surface area contributed by atoms with Crippen LogP contribution in [0.25, 0.3) is 171 Å². The molecule has 4 atom stereocenters. The van der Waals surface area contributed by atoms with Gasteiger partial charge in [0.15, 0.2) is 11.6 Å². The molecule has 6 aromatic carbocycles. The average Bonchev–Trinajstić information content (AvgIpc) is 1.53. The van der Waals surface area contributed by atoms with E-state index in [4.69, 9.17) is 19.9 Å². The van der Waals surface area contributed by atoms with Gasteiger partial charge in [0, 0.05) is 100 Å². The third-order valence-electron chi connectivity index (χ3n) is 22.6. The Morgan fingerprint density at radius 2 is 0.544 bits per heavy atom. The fourth-order valence-corrected chi connectivity index (χ4v) is 17.7. The highest BCUT2D eigenvalue weighted by Crippen LogP contribution is 2.66. The summed E-state index contributed by atoms with van der Waals surface area (Å²) in [4.78, 5) is 67.0. The number of nitrogens with zero attached hydrogens (tertiary/aromatic N) is 4. The predicted molar refractivity (Wildman–Crippen MR) is 421 cm³/mol. The van der Waals surface area contributed by atoms with Crippen molar-refractivity contribution in [1.29, 1.82) is 0 Å². The number of allylic oxidation sites excluding steroid dienone is 4. The highest BCUT2D eigenvalue weighted by atomic mass is 16.1. The number of hydrogen-bond donors (Lipinski definition) is 4. The molecule has 18 bridgehead atoms. The quantitative estimate of drug-likeness (QED) is 0.119. The zero-order valence-corrected chi connectivity index (χ0v) is 57.2. The van der Waals surface area contributed by atoms with Gasteiger partial charge in [0.25, 0.3) is 0 Å². The Hall–Kier alpha value is -12.7. The highest BCUT2D eigenvalue weighted by molar-refractivity contribution is 6.27. The molecule has 4 unspecified atom stereocenters. The summed E-state index contributed by atoms with van der Waals surface area (Å²) in [5, 5.41) is 0. The first-order valence-corrected chi connectivity index (χ1v) is 35.7. The van der Waals surface area contributed by atoms with E-state index < -0.39 is 0 Å². The minimum atomic E-state index is -0.235. The molecule has 20 rings (SSSR count). The zero-order chi connectivity index (χ0) is 68.9. The van der Waals surface area contributed by atoms with E-state index in [1.54, 1.807) is 0 Å². The molecule has 6 aromatic heterocycles. The van der Waals surface area contributed by atoms with Crippen molar-refractivity contribution >= 4 is 115 Å². The van der Waals surface area contributed by atoms with Crippen LogP contribution in [0.5, 0.6) is 0 Å². The second kappa shape index (κ2) is 23.5. The molecule has 10 heterocycles. The van der Waals surface area contributed by atoms with Crippen molar-refractivity contribution in [2.45, 2.75) is 34.1 Å². The Kier molecular flexibility index (Phi) is 13.7. The molecule has 8 aliphatic rings. The van der Waals surface area contributed by atoms with Crippen LogP contribution in [0.4, 0.5) is 0 Å². The molecule has 4 N–H and O–H groups in total. The van der Waals surface area contributed by atoms with E-state index in [0.29, 0.717) is 0 Å². The Morgan fingerprint density at radius 1 is 0.282 bits per heavy atom. The number of ketones is 2. The number of hydrogen-bond acceptors (Lipinski definition) is 6. The molecule has 10 nitrogen and oxygen atoms in total. The summed E-state index contributed by atoms with van der Waals surface area (Å²) in [6, 6.07) is 72.8. The highest BCUT2D eigenvalue weighted by Gasteiger charge is 2.64. The van der Waals surface area contributed by atoms with Gasteiger partial charge in [0.1, 0.15) is 0 Å². The fourth-order valence-electron chi connectivity index (χ4n) is 17.7. The molecule has 4 aliphatic heterocycles. The summed E-state index contributed by atoms with van der Waals surface area (Å²) in [6.45, 7) is 8.43. The van der Waals surface area contributed by atoms with Crippen molar-refractivity contribution in [2.24, 2.45) is 35.5 Å². The molecule has 4 aliphatic carbocycles. The largest absolute Gasteiger partial charge is 0.355 e. The number of nitrogens with one attached hydrogen (secondary N) is 4. The van der Waals surface area contributed by atoms with Crippen molar-refractivity contribution in [3.8, 4) is 66.8 Å². The van der Waals surface area contributed by atoms with E-state index in [1.807, 2.05) is 0 Å².